The summed E-state index contributed by atoms with van der Waals surface area (Å²) in [5, 5.41) is 0.388. The largest absolute Gasteiger partial charge is 0.491 e. The van der Waals surface area contributed by atoms with E-state index in [1.807, 2.05) is 0 Å². The van der Waals surface area contributed by atoms with Crippen LogP contribution >= 0.6 is 11.6 Å². The van der Waals surface area contributed by atoms with Gasteiger partial charge in [0, 0.05) is 5.02 Å². The van der Waals surface area contributed by atoms with Crippen molar-refractivity contribution in [3.05, 3.63) is 29.0 Å². The summed E-state index contributed by atoms with van der Waals surface area (Å²) in [6.07, 6.45) is 1.98. The Labute approximate surface area is 102 Å². The van der Waals surface area contributed by atoms with Crippen molar-refractivity contribution >= 4 is 11.6 Å². The van der Waals surface area contributed by atoms with Gasteiger partial charge in [-0.3, -0.25) is 0 Å². The standard InChI is InChI=1S/C13H18ClFO/c1-13(2,3)7-4-8-16-12-6-5-10(14)9-11(12)15/h5-6,9H,4,7-8H2,1-3H3. The molecule has 0 aromatic heterocycles. The van der Waals surface area contributed by atoms with E-state index in [1.165, 1.54) is 6.07 Å². The normalized spacial score (nSPS) is 11.6. The Morgan fingerprint density at radius 2 is 2.00 bits per heavy atom. The maximum Gasteiger partial charge on any atom is 0.166 e. The van der Waals surface area contributed by atoms with Crippen LogP contribution < -0.4 is 4.74 Å². The molecule has 0 heterocycles. The van der Waals surface area contributed by atoms with Crippen LogP contribution in [-0.2, 0) is 0 Å². The monoisotopic (exact) mass is 244 g/mol. The van der Waals surface area contributed by atoms with Crippen molar-refractivity contribution in [2.24, 2.45) is 5.41 Å². The van der Waals surface area contributed by atoms with E-state index >= 15 is 0 Å². The van der Waals surface area contributed by atoms with Crippen LogP contribution in [0.2, 0.25) is 5.02 Å². The van der Waals surface area contributed by atoms with Gasteiger partial charge in [0.25, 0.3) is 0 Å². The number of rotatable bonds is 4. The fraction of sp³-hybridized carbons (Fsp3) is 0.538. The molecule has 1 nitrogen and oxygen atoms in total. The molecule has 0 fully saturated rings. The minimum atomic E-state index is -0.400. The number of ether oxygens (including phenoxy) is 1. The first-order valence-corrected chi connectivity index (χ1v) is 5.84. The summed E-state index contributed by atoms with van der Waals surface area (Å²) in [6, 6.07) is 4.46. The second-order valence-corrected chi connectivity index (χ2v) is 5.52. The van der Waals surface area contributed by atoms with Crippen molar-refractivity contribution in [1.82, 2.24) is 0 Å². The van der Waals surface area contributed by atoms with E-state index in [2.05, 4.69) is 20.8 Å². The van der Waals surface area contributed by atoms with Gasteiger partial charge in [-0.25, -0.2) is 4.39 Å². The maximum absolute atomic E-state index is 13.3. The molecule has 0 aliphatic rings. The molecule has 1 aromatic rings. The lowest BCUT2D eigenvalue weighted by atomic mass is 9.91. The highest BCUT2D eigenvalue weighted by atomic mass is 35.5. The van der Waals surface area contributed by atoms with Crippen LogP contribution in [0.25, 0.3) is 0 Å². The zero-order valence-corrected chi connectivity index (χ0v) is 10.8. The molecule has 3 heteroatoms. The van der Waals surface area contributed by atoms with Gasteiger partial charge in [-0.05, 0) is 36.5 Å². The van der Waals surface area contributed by atoms with Crippen LogP contribution in [0.3, 0.4) is 0 Å². The lowest BCUT2D eigenvalue weighted by Gasteiger charge is -2.17. The average molecular weight is 245 g/mol. The Hall–Kier alpha value is -0.760. The number of hydrogen-bond acceptors (Lipinski definition) is 1. The van der Waals surface area contributed by atoms with Gasteiger partial charge >= 0.3 is 0 Å². The third kappa shape index (κ3) is 4.84. The quantitative estimate of drug-likeness (QED) is 0.699. The van der Waals surface area contributed by atoms with Crippen molar-refractivity contribution in [2.75, 3.05) is 6.61 Å². The fourth-order valence-corrected chi connectivity index (χ4v) is 1.54. The molecule has 0 aliphatic heterocycles. The van der Waals surface area contributed by atoms with Gasteiger partial charge in [0.05, 0.1) is 6.61 Å². The Balaban J connectivity index is 2.38. The molecular weight excluding hydrogens is 227 g/mol. The van der Waals surface area contributed by atoms with Gasteiger partial charge in [0.1, 0.15) is 0 Å². The molecule has 0 atom stereocenters. The van der Waals surface area contributed by atoms with Gasteiger partial charge in [-0.15, -0.1) is 0 Å². The van der Waals surface area contributed by atoms with Crippen LogP contribution in [0.1, 0.15) is 33.6 Å². The molecule has 1 rings (SSSR count). The number of hydrogen-bond donors (Lipinski definition) is 0. The Bertz CT molecular complexity index is 344. The summed E-state index contributed by atoms with van der Waals surface area (Å²) in [4.78, 5) is 0. The molecule has 16 heavy (non-hydrogen) atoms. The first kappa shape index (κ1) is 13.3. The highest BCUT2D eigenvalue weighted by Gasteiger charge is 2.10. The summed E-state index contributed by atoms with van der Waals surface area (Å²) in [6.45, 7) is 7.07. The second kappa shape index (κ2) is 5.53. The summed E-state index contributed by atoms with van der Waals surface area (Å²) < 4.78 is 18.7. The minimum absolute atomic E-state index is 0.276. The average Bonchev–Trinajstić information content (AvgIpc) is 2.13. The summed E-state index contributed by atoms with van der Waals surface area (Å²) in [5.41, 5.74) is 0.294. The van der Waals surface area contributed by atoms with Crippen molar-refractivity contribution in [3.8, 4) is 5.75 Å². The second-order valence-electron chi connectivity index (χ2n) is 5.09. The third-order valence-electron chi connectivity index (χ3n) is 2.22. The molecule has 0 N–H and O–H groups in total. The zero-order chi connectivity index (χ0) is 12.2. The topological polar surface area (TPSA) is 9.23 Å². The minimum Gasteiger partial charge on any atom is -0.491 e. The maximum atomic E-state index is 13.3. The molecule has 1 aromatic carbocycles. The fourth-order valence-electron chi connectivity index (χ4n) is 1.38. The molecule has 0 unspecified atom stereocenters. The highest BCUT2D eigenvalue weighted by Crippen LogP contribution is 2.23. The SMILES string of the molecule is CC(C)(C)CCCOc1ccc(Cl)cc1F. The van der Waals surface area contributed by atoms with Gasteiger partial charge < -0.3 is 4.74 Å². The van der Waals surface area contributed by atoms with Gasteiger partial charge in [0.15, 0.2) is 11.6 Å². The Morgan fingerprint density at radius 1 is 1.31 bits per heavy atom. The van der Waals surface area contributed by atoms with E-state index in [0.29, 0.717) is 17.0 Å². The Kier molecular flexibility index (Phi) is 4.60. The van der Waals surface area contributed by atoms with Crippen LogP contribution in [0.15, 0.2) is 18.2 Å². The van der Waals surface area contributed by atoms with Crippen molar-refractivity contribution in [1.29, 1.82) is 0 Å². The first-order chi connectivity index (χ1) is 7.38. The lowest BCUT2D eigenvalue weighted by Crippen LogP contribution is -2.08. The summed E-state index contributed by atoms with van der Waals surface area (Å²) in [5.74, 6) is -0.124. The Morgan fingerprint density at radius 3 is 2.56 bits per heavy atom. The third-order valence-corrected chi connectivity index (χ3v) is 2.46. The molecule has 0 radical (unpaired) electrons. The van der Waals surface area contributed by atoms with Crippen LogP contribution in [0, 0.1) is 11.2 Å². The van der Waals surface area contributed by atoms with Crippen LogP contribution in [0.4, 0.5) is 4.39 Å². The van der Waals surface area contributed by atoms with E-state index in [-0.39, 0.29) is 5.75 Å². The van der Waals surface area contributed by atoms with Crippen molar-refractivity contribution in [3.63, 3.8) is 0 Å². The first-order valence-electron chi connectivity index (χ1n) is 5.46. The van der Waals surface area contributed by atoms with Gasteiger partial charge in [-0.2, -0.15) is 0 Å². The number of benzene rings is 1. The molecule has 0 aliphatic carbocycles. The zero-order valence-electron chi connectivity index (χ0n) is 10.0. The van der Waals surface area contributed by atoms with E-state index in [9.17, 15) is 4.39 Å². The molecule has 0 spiro atoms. The lowest BCUT2D eigenvalue weighted by molar-refractivity contribution is 0.260. The van der Waals surface area contributed by atoms with Crippen LogP contribution in [-0.4, -0.2) is 6.61 Å². The summed E-state index contributed by atoms with van der Waals surface area (Å²) >= 11 is 5.64. The molecule has 0 saturated heterocycles. The highest BCUT2D eigenvalue weighted by molar-refractivity contribution is 6.30. The van der Waals surface area contributed by atoms with E-state index in [1.54, 1.807) is 12.1 Å². The van der Waals surface area contributed by atoms with E-state index in [0.717, 1.165) is 12.8 Å². The predicted molar refractivity (Wildman–Crippen MR) is 65.6 cm³/mol. The van der Waals surface area contributed by atoms with Gasteiger partial charge in [0.2, 0.25) is 0 Å². The molecule has 0 saturated carbocycles. The van der Waals surface area contributed by atoms with Gasteiger partial charge in [-0.1, -0.05) is 32.4 Å². The van der Waals surface area contributed by atoms with Crippen molar-refractivity contribution in [2.45, 2.75) is 33.6 Å². The predicted octanol–water partition coefficient (Wildman–Crippen LogP) is 4.68. The van der Waals surface area contributed by atoms with Crippen LogP contribution in [0.5, 0.6) is 5.75 Å². The smallest absolute Gasteiger partial charge is 0.166 e. The molecule has 0 bridgehead atoms. The number of halogens is 2. The molecule has 0 amide bonds. The molecule has 90 valence electrons. The molecular formula is C13H18ClFO. The van der Waals surface area contributed by atoms with E-state index < -0.39 is 5.82 Å². The summed E-state index contributed by atoms with van der Waals surface area (Å²) in [7, 11) is 0. The van der Waals surface area contributed by atoms with E-state index in [4.69, 9.17) is 16.3 Å². The van der Waals surface area contributed by atoms with Crippen molar-refractivity contribution < 1.29 is 9.13 Å².